The quantitative estimate of drug-likeness (QED) is 0.753. The van der Waals surface area contributed by atoms with Crippen molar-refractivity contribution in [1.82, 2.24) is 0 Å². The molecule has 2 aromatic carbocycles. The Hall–Kier alpha value is -2.11. The van der Waals surface area contributed by atoms with Crippen LogP contribution in [-0.2, 0) is 0 Å². The highest BCUT2D eigenvalue weighted by molar-refractivity contribution is 6.31. The Labute approximate surface area is 104 Å². The lowest BCUT2D eigenvalue weighted by Crippen LogP contribution is -1.87. The Morgan fingerprint density at radius 1 is 1.12 bits per heavy atom. The topological polar surface area (TPSA) is 40.9 Å². The van der Waals surface area contributed by atoms with Crippen molar-refractivity contribution in [1.29, 1.82) is 5.26 Å². The van der Waals surface area contributed by atoms with Gasteiger partial charge in [0.2, 0.25) is 0 Å². The molecular weight excluding hydrogens is 234 g/mol. The minimum Gasteiger partial charge on any atom is -0.298 e. The summed E-state index contributed by atoms with van der Waals surface area (Å²) in [6, 6.07) is 14.3. The number of nitrogens with zero attached hydrogens (tertiary/aromatic N) is 1. The Kier molecular flexibility index (Phi) is 3.22. The van der Waals surface area contributed by atoms with Crippen molar-refractivity contribution in [3.8, 4) is 17.2 Å². The molecule has 0 saturated carbocycles. The molecule has 0 aromatic heterocycles. The highest BCUT2D eigenvalue weighted by Gasteiger charge is 2.05. The molecule has 17 heavy (non-hydrogen) atoms. The maximum atomic E-state index is 11.0. The van der Waals surface area contributed by atoms with Crippen molar-refractivity contribution in [3.05, 3.63) is 58.6 Å². The van der Waals surface area contributed by atoms with Crippen molar-refractivity contribution in [2.75, 3.05) is 0 Å². The average molecular weight is 242 g/mol. The zero-order valence-corrected chi connectivity index (χ0v) is 9.61. The van der Waals surface area contributed by atoms with Crippen molar-refractivity contribution in [2.45, 2.75) is 0 Å². The van der Waals surface area contributed by atoms with E-state index in [1.54, 1.807) is 30.3 Å². The van der Waals surface area contributed by atoms with E-state index in [4.69, 9.17) is 16.9 Å². The summed E-state index contributed by atoms with van der Waals surface area (Å²) in [7, 11) is 0. The fourth-order valence-corrected chi connectivity index (χ4v) is 1.80. The molecule has 0 radical (unpaired) electrons. The Bertz CT molecular complexity index is 597. The normalized spacial score (nSPS) is 9.65. The van der Waals surface area contributed by atoms with E-state index < -0.39 is 0 Å². The number of carbonyl (C=O) groups is 1. The summed E-state index contributed by atoms with van der Waals surface area (Å²) in [5.74, 6) is 0. The molecule has 0 unspecified atom stereocenters. The number of benzene rings is 2. The Morgan fingerprint density at radius 3 is 2.41 bits per heavy atom. The number of hydrogen-bond donors (Lipinski definition) is 0. The third kappa shape index (κ3) is 2.35. The number of aldehydes is 1. The van der Waals surface area contributed by atoms with Gasteiger partial charge < -0.3 is 0 Å². The van der Waals surface area contributed by atoms with Crippen LogP contribution in [0.5, 0.6) is 0 Å². The lowest BCUT2D eigenvalue weighted by molar-refractivity contribution is 0.112. The molecule has 0 spiro atoms. The average Bonchev–Trinajstić information content (AvgIpc) is 2.39. The van der Waals surface area contributed by atoms with Gasteiger partial charge in [-0.15, -0.1) is 0 Å². The first kappa shape index (κ1) is 11.4. The molecule has 0 heterocycles. The number of nitriles is 1. The Morgan fingerprint density at radius 2 is 1.82 bits per heavy atom. The molecule has 0 aliphatic carbocycles. The van der Waals surface area contributed by atoms with Crippen LogP contribution in [0.2, 0.25) is 5.02 Å². The second kappa shape index (κ2) is 4.82. The predicted octanol–water partition coefficient (Wildman–Crippen LogP) is 3.69. The summed E-state index contributed by atoms with van der Waals surface area (Å²) in [4.78, 5) is 11.0. The minimum absolute atomic E-state index is 0.532. The molecule has 0 fully saturated rings. The monoisotopic (exact) mass is 241 g/mol. The molecule has 0 N–H and O–H groups in total. The van der Waals surface area contributed by atoms with Gasteiger partial charge in [-0.1, -0.05) is 29.8 Å². The van der Waals surface area contributed by atoms with Gasteiger partial charge in [0.25, 0.3) is 0 Å². The first-order chi connectivity index (χ1) is 8.24. The van der Waals surface area contributed by atoms with Gasteiger partial charge in [-0.3, -0.25) is 4.79 Å². The van der Waals surface area contributed by atoms with E-state index in [2.05, 4.69) is 6.07 Å². The van der Waals surface area contributed by atoms with E-state index >= 15 is 0 Å². The third-order valence-electron chi connectivity index (χ3n) is 2.47. The molecule has 0 aliphatic rings. The maximum Gasteiger partial charge on any atom is 0.150 e. The number of rotatable bonds is 2. The van der Waals surface area contributed by atoms with Crippen molar-refractivity contribution in [2.24, 2.45) is 0 Å². The zero-order valence-electron chi connectivity index (χ0n) is 8.85. The van der Waals surface area contributed by atoms with E-state index in [1.165, 1.54) is 0 Å². The lowest BCUT2D eigenvalue weighted by atomic mass is 9.99. The van der Waals surface area contributed by atoms with Gasteiger partial charge >= 0.3 is 0 Å². The van der Waals surface area contributed by atoms with Gasteiger partial charge in [0, 0.05) is 10.6 Å². The molecule has 0 amide bonds. The van der Waals surface area contributed by atoms with E-state index in [-0.39, 0.29) is 0 Å². The molecule has 0 saturated heterocycles. The van der Waals surface area contributed by atoms with Gasteiger partial charge in [0.15, 0.2) is 6.29 Å². The SMILES string of the molecule is N#Cc1ccc(-c2ccc(Cl)cc2C=O)cc1. The molecule has 82 valence electrons. The Balaban J connectivity index is 2.52. The van der Waals surface area contributed by atoms with E-state index in [1.807, 2.05) is 12.1 Å². The summed E-state index contributed by atoms with van der Waals surface area (Å²) in [5.41, 5.74) is 2.84. The second-order valence-electron chi connectivity index (χ2n) is 3.54. The summed E-state index contributed by atoms with van der Waals surface area (Å²) in [5, 5.41) is 9.24. The van der Waals surface area contributed by atoms with Crippen LogP contribution in [0.25, 0.3) is 11.1 Å². The van der Waals surface area contributed by atoms with Gasteiger partial charge in [0.05, 0.1) is 11.6 Å². The van der Waals surface area contributed by atoms with E-state index in [0.717, 1.165) is 17.4 Å². The predicted molar refractivity (Wildman–Crippen MR) is 67.0 cm³/mol. The van der Waals surface area contributed by atoms with Crippen molar-refractivity contribution in [3.63, 3.8) is 0 Å². The molecule has 0 bridgehead atoms. The molecule has 2 rings (SSSR count). The van der Waals surface area contributed by atoms with Crippen LogP contribution >= 0.6 is 11.6 Å². The fraction of sp³-hybridized carbons (Fsp3) is 0. The van der Waals surface area contributed by atoms with Crippen LogP contribution in [0.3, 0.4) is 0 Å². The minimum atomic E-state index is 0.532. The van der Waals surface area contributed by atoms with Crippen LogP contribution in [0, 0.1) is 11.3 Å². The summed E-state index contributed by atoms with van der Waals surface area (Å²) in [6.07, 6.45) is 0.777. The summed E-state index contributed by atoms with van der Waals surface area (Å²) < 4.78 is 0. The van der Waals surface area contributed by atoms with E-state index in [9.17, 15) is 4.79 Å². The second-order valence-corrected chi connectivity index (χ2v) is 3.98. The largest absolute Gasteiger partial charge is 0.298 e. The lowest BCUT2D eigenvalue weighted by Gasteiger charge is -2.05. The molecule has 0 atom stereocenters. The van der Waals surface area contributed by atoms with E-state index in [0.29, 0.717) is 16.1 Å². The zero-order chi connectivity index (χ0) is 12.3. The van der Waals surface area contributed by atoms with Gasteiger partial charge in [-0.2, -0.15) is 5.26 Å². The molecule has 0 aliphatic heterocycles. The van der Waals surface area contributed by atoms with Crippen LogP contribution in [0.15, 0.2) is 42.5 Å². The fourth-order valence-electron chi connectivity index (χ4n) is 1.62. The van der Waals surface area contributed by atoms with Gasteiger partial charge in [0.1, 0.15) is 0 Å². The van der Waals surface area contributed by atoms with Crippen molar-refractivity contribution < 1.29 is 4.79 Å². The maximum absolute atomic E-state index is 11.0. The third-order valence-corrected chi connectivity index (χ3v) is 2.70. The number of halogens is 1. The van der Waals surface area contributed by atoms with Gasteiger partial charge in [-0.25, -0.2) is 0 Å². The first-order valence-corrected chi connectivity index (χ1v) is 5.37. The summed E-state index contributed by atoms with van der Waals surface area (Å²) in [6.45, 7) is 0. The smallest absolute Gasteiger partial charge is 0.150 e. The summed E-state index contributed by atoms with van der Waals surface area (Å²) >= 11 is 5.83. The molecule has 2 aromatic rings. The van der Waals surface area contributed by atoms with Gasteiger partial charge in [-0.05, 0) is 35.4 Å². The van der Waals surface area contributed by atoms with Crippen LogP contribution in [-0.4, -0.2) is 6.29 Å². The molecule has 3 heteroatoms. The molecule has 2 nitrogen and oxygen atoms in total. The highest BCUT2D eigenvalue weighted by atomic mass is 35.5. The first-order valence-electron chi connectivity index (χ1n) is 5.00. The number of hydrogen-bond acceptors (Lipinski definition) is 2. The van der Waals surface area contributed by atoms with Crippen LogP contribution < -0.4 is 0 Å². The van der Waals surface area contributed by atoms with Crippen molar-refractivity contribution >= 4 is 17.9 Å². The standard InChI is InChI=1S/C14H8ClNO/c15-13-5-6-14(12(7-13)9-17)11-3-1-10(8-16)2-4-11/h1-7,9H. The number of carbonyl (C=O) groups excluding carboxylic acids is 1. The highest BCUT2D eigenvalue weighted by Crippen LogP contribution is 2.25. The molecular formula is C14H8ClNO. The van der Waals surface area contributed by atoms with Crippen LogP contribution in [0.1, 0.15) is 15.9 Å². The van der Waals surface area contributed by atoms with Crippen LogP contribution in [0.4, 0.5) is 0 Å².